The lowest BCUT2D eigenvalue weighted by Crippen LogP contribution is -2.43. The highest BCUT2D eigenvalue weighted by atomic mass is 32.2. The van der Waals surface area contributed by atoms with E-state index in [1.54, 1.807) is 7.11 Å². The minimum Gasteiger partial charge on any atom is -0.541 e. The third-order valence-corrected chi connectivity index (χ3v) is 12.8. The normalized spacial score (nSPS) is 24.1. The van der Waals surface area contributed by atoms with Crippen molar-refractivity contribution in [3.05, 3.63) is 47.4 Å². The van der Waals surface area contributed by atoms with Crippen LogP contribution in [0, 0.1) is 11.3 Å². The number of ether oxygens (including phenoxy) is 3. The van der Waals surface area contributed by atoms with Crippen molar-refractivity contribution in [2.24, 2.45) is 11.3 Å². The molecule has 1 aromatic rings. The summed E-state index contributed by atoms with van der Waals surface area (Å²) < 4.78 is 51.8. The number of hydrogen-bond acceptors (Lipinski definition) is 8. The van der Waals surface area contributed by atoms with Gasteiger partial charge in [0.05, 0.1) is 32.5 Å². The third kappa shape index (κ3) is 6.07. The molecule has 2 aliphatic rings. The maximum atomic E-state index is 12.6. The van der Waals surface area contributed by atoms with Gasteiger partial charge in [0.15, 0.2) is 11.5 Å². The Hall–Kier alpha value is -2.30. The number of hydrogen-bond donors (Lipinski definition) is 0. The summed E-state index contributed by atoms with van der Waals surface area (Å²) in [6.07, 6.45) is 4.95. The Balaban J connectivity index is 1.94. The highest BCUT2D eigenvalue weighted by Gasteiger charge is 2.53. The Kier molecular flexibility index (Phi) is 8.27. The van der Waals surface area contributed by atoms with E-state index in [0.29, 0.717) is 30.1 Å². The molecule has 3 atom stereocenters. The molecule has 8 nitrogen and oxygen atoms in total. The summed E-state index contributed by atoms with van der Waals surface area (Å²) in [6.45, 7) is 13.0. The van der Waals surface area contributed by atoms with Crippen LogP contribution in [-0.2, 0) is 28.6 Å². The second-order valence-electron chi connectivity index (χ2n) is 11.4. The number of fused-ring (bicyclic) bond motifs is 1. The number of carbonyl (C=O) groups excluding carboxylic acids is 1. The zero-order valence-electron chi connectivity index (χ0n) is 23.3. The molecule has 1 aromatic carbocycles. The van der Waals surface area contributed by atoms with Gasteiger partial charge in [-0.25, -0.2) is 0 Å². The molecule has 0 unspecified atom stereocenters. The Morgan fingerprint density at radius 2 is 1.78 bits per heavy atom. The molecule has 1 fully saturated rings. The predicted octanol–water partition coefficient (Wildman–Crippen LogP) is 5.53. The SMILES string of the molecule is COC1=C[C@]2(CCCOS(C)(=O)=O)C(=CC1=O)O[C@H](c1ccc(O[Si](C)(C)C(C)(C)C)c(OC)c1)[C@H]2C. The lowest BCUT2D eigenvalue weighted by Gasteiger charge is -2.37. The van der Waals surface area contributed by atoms with Gasteiger partial charge in [-0.05, 0) is 54.7 Å². The first-order chi connectivity index (χ1) is 17.0. The monoisotopic (exact) mass is 552 g/mol. The topological polar surface area (TPSA) is 97.4 Å². The van der Waals surface area contributed by atoms with Gasteiger partial charge in [0.25, 0.3) is 18.4 Å². The van der Waals surface area contributed by atoms with Gasteiger partial charge >= 0.3 is 0 Å². The van der Waals surface area contributed by atoms with E-state index < -0.39 is 23.9 Å². The number of methoxy groups -OCH3 is 2. The molecule has 0 aromatic heterocycles. The second-order valence-corrected chi connectivity index (χ2v) is 17.7. The number of ketones is 1. The molecule has 10 heteroatoms. The molecule has 0 radical (unpaired) electrons. The fraction of sp³-hybridized carbons (Fsp3) is 0.593. The summed E-state index contributed by atoms with van der Waals surface area (Å²) in [6, 6.07) is 5.84. The van der Waals surface area contributed by atoms with Gasteiger partial charge in [-0.3, -0.25) is 8.98 Å². The number of benzene rings is 1. The van der Waals surface area contributed by atoms with Gasteiger partial charge in [0.1, 0.15) is 17.6 Å². The molecule has 0 bridgehead atoms. The quantitative estimate of drug-likeness (QED) is 0.212. The molecule has 1 aliphatic carbocycles. The Morgan fingerprint density at radius 1 is 1.11 bits per heavy atom. The van der Waals surface area contributed by atoms with Crippen LogP contribution >= 0.6 is 0 Å². The standard InChI is InChI=1S/C27H40O8SSi/c1-18-25(19-11-12-21(22(15-19)31-5)35-37(8,9)26(2,3)4)34-24-16-20(28)23(32-6)17-27(18,24)13-10-14-33-36(7,29)30/h11-12,15-18,25H,10,13-14H2,1-9H3/t18-,25+,27+/m1/s1. The molecule has 0 saturated carbocycles. The van der Waals surface area contributed by atoms with Crippen LogP contribution in [0.1, 0.15) is 52.2 Å². The van der Waals surface area contributed by atoms with Crippen LogP contribution in [0.5, 0.6) is 11.5 Å². The van der Waals surface area contributed by atoms with Gasteiger partial charge in [-0.2, -0.15) is 8.42 Å². The first-order valence-corrected chi connectivity index (χ1v) is 17.2. The average molecular weight is 553 g/mol. The highest BCUT2D eigenvalue weighted by molar-refractivity contribution is 7.85. The molecule has 0 amide bonds. The van der Waals surface area contributed by atoms with Gasteiger partial charge in [0, 0.05) is 12.0 Å². The predicted molar refractivity (Wildman–Crippen MR) is 144 cm³/mol. The van der Waals surface area contributed by atoms with Crippen LogP contribution in [0.3, 0.4) is 0 Å². The van der Waals surface area contributed by atoms with Crippen molar-refractivity contribution in [3.63, 3.8) is 0 Å². The van der Waals surface area contributed by atoms with E-state index in [9.17, 15) is 13.2 Å². The van der Waals surface area contributed by atoms with Crippen molar-refractivity contribution in [3.8, 4) is 11.5 Å². The maximum absolute atomic E-state index is 12.6. The number of rotatable bonds is 10. The summed E-state index contributed by atoms with van der Waals surface area (Å²) in [5, 5.41) is 0.0348. The van der Waals surface area contributed by atoms with E-state index in [-0.39, 0.29) is 35.2 Å². The van der Waals surface area contributed by atoms with Gasteiger partial charge in [-0.1, -0.05) is 33.8 Å². The summed E-state index contributed by atoms with van der Waals surface area (Å²) in [4.78, 5) is 12.6. The fourth-order valence-corrected chi connectivity index (χ4v) is 6.04. The van der Waals surface area contributed by atoms with Crippen LogP contribution in [0.4, 0.5) is 0 Å². The van der Waals surface area contributed by atoms with E-state index in [1.165, 1.54) is 13.2 Å². The van der Waals surface area contributed by atoms with E-state index >= 15 is 0 Å². The molecule has 1 saturated heterocycles. The first kappa shape index (κ1) is 29.3. The molecule has 1 aliphatic heterocycles. The summed E-state index contributed by atoms with van der Waals surface area (Å²) in [5.41, 5.74) is 0.253. The number of allylic oxidation sites excluding steroid dienone is 2. The van der Waals surface area contributed by atoms with E-state index in [1.807, 2.05) is 24.3 Å². The molecule has 206 valence electrons. The van der Waals surface area contributed by atoms with Gasteiger partial charge < -0.3 is 18.6 Å². The Morgan fingerprint density at radius 3 is 2.35 bits per heavy atom. The van der Waals surface area contributed by atoms with Gasteiger partial charge in [0.2, 0.25) is 5.78 Å². The van der Waals surface area contributed by atoms with Crippen LogP contribution in [0.2, 0.25) is 18.1 Å². The molecule has 3 rings (SSSR count). The first-order valence-electron chi connectivity index (χ1n) is 12.5. The number of carbonyl (C=O) groups is 1. The molecular formula is C27H40O8SSi. The zero-order valence-corrected chi connectivity index (χ0v) is 25.2. The molecule has 1 heterocycles. The summed E-state index contributed by atoms with van der Waals surface area (Å²) >= 11 is 0. The van der Waals surface area contributed by atoms with Crippen molar-refractivity contribution in [2.75, 3.05) is 27.1 Å². The molecule has 0 spiro atoms. The Bertz CT molecular complexity index is 1200. The maximum Gasteiger partial charge on any atom is 0.264 e. The molecule has 0 N–H and O–H groups in total. The van der Waals surface area contributed by atoms with Crippen molar-refractivity contribution in [2.45, 2.75) is 64.8 Å². The lowest BCUT2D eigenvalue weighted by molar-refractivity contribution is -0.114. The highest BCUT2D eigenvalue weighted by Crippen LogP contribution is 2.58. The summed E-state index contributed by atoms with van der Waals surface area (Å²) in [7, 11) is -2.53. The van der Waals surface area contributed by atoms with Crippen LogP contribution in [-0.4, -0.2) is 49.6 Å². The van der Waals surface area contributed by atoms with Crippen molar-refractivity contribution in [1.82, 2.24) is 0 Å². The minimum atomic E-state index is -3.54. The lowest BCUT2D eigenvalue weighted by atomic mass is 9.68. The van der Waals surface area contributed by atoms with E-state index in [4.69, 9.17) is 22.8 Å². The van der Waals surface area contributed by atoms with E-state index in [2.05, 4.69) is 40.8 Å². The molecular weight excluding hydrogens is 512 g/mol. The second kappa shape index (κ2) is 10.5. The zero-order chi connectivity index (χ0) is 27.8. The van der Waals surface area contributed by atoms with Crippen LogP contribution < -0.4 is 9.16 Å². The smallest absolute Gasteiger partial charge is 0.264 e. The molecule has 37 heavy (non-hydrogen) atoms. The Labute approximate surface area is 222 Å². The van der Waals surface area contributed by atoms with Crippen LogP contribution in [0.15, 0.2) is 41.9 Å². The summed E-state index contributed by atoms with van der Waals surface area (Å²) in [5.74, 6) is 1.78. The fourth-order valence-electron chi connectivity index (χ4n) is 4.60. The average Bonchev–Trinajstić information content (AvgIpc) is 3.06. The largest absolute Gasteiger partial charge is 0.541 e. The third-order valence-electron chi connectivity index (χ3n) is 7.81. The van der Waals surface area contributed by atoms with Crippen molar-refractivity contribution >= 4 is 24.2 Å². The van der Waals surface area contributed by atoms with Crippen LogP contribution in [0.25, 0.3) is 0 Å². The van der Waals surface area contributed by atoms with Crippen molar-refractivity contribution < 1.29 is 36.0 Å². The van der Waals surface area contributed by atoms with Crippen molar-refractivity contribution in [1.29, 1.82) is 0 Å². The van der Waals surface area contributed by atoms with E-state index in [0.717, 1.165) is 11.8 Å². The minimum absolute atomic E-state index is 0.0348. The van der Waals surface area contributed by atoms with Gasteiger partial charge in [-0.15, -0.1) is 0 Å².